The van der Waals surface area contributed by atoms with Crippen molar-refractivity contribution < 1.29 is 28.6 Å². The molecule has 0 radical (unpaired) electrons. The lowest BCUT2D eigenvalue weighted by molar-refractivity contribution is -0.167. The zero-order valence-corrected chi connectivity index (χ0v) is 49.6. The van der Waals surface area contributed by atoms with E-state index in [1.807, 2.05) is 0 Å². The van der Waals surface area contributed by atoms with Crippen LogP contribution >= 0.6 is 0 Å². The van der Waals surface area contributed by atoms with E-state index in [0.717, 1.165) is 69.6 Å². The summed E-state index contributed by atoms with van der Waals surface area (Å²) in [5.41, 5.74) is 0. The number of esters is 3. The Labute approximate surface area is 450 Å². The largest absolute Gasteiger partial charge is 0.462 e. The van der Waals surface area contributed by atoms with Crippen molar-refractivity contribution in [2.24, 2.45) is 11.8 Å². The summed E-state index contributed by atoms with van der Waals surface area (Å²) >= 11 is 0. The monoisotopic (exact) mass is 1020 g/mol. The second-order valence-corrected chi connectivity index (χ2v) is 23.5. The van der Waals surface area contributed by atoms with Crippen LogP contribution in [0.3, 0.4) is 0 Å². The van der Waals surface area contributed by atoms with Crippen molar-refractivity contribution in [1.29, 1.82) is 0 Å². The van der Waals surface area contributed by atoms with Gasteiger partial charge in [0.15, 0.2) is 6.10 Å². The Morgan fingerprint density at radius 2 is 0.528 bits per heavy atom. The van der Waals surface area contributed by atoms with E-state index in [-0.39, 0.29) is 31.1 Å². The molecule has 0 saturated carbocycles. The average Bonchev–Trinajstić information content (AvgIpc) is 3.37. The molecule has 0 heterocycles. The first kappa shape index (κ1) is 70.4. The van der Waals surface area contributed by atoms with Gasteiger partial charge in [-0.3, -0.25) is 14.4 Å². The van der Waals surface area contributed by atoms with Gasteiger partial charge in [-0.05, 0) is 31.1 Å². The van der Waals surface area contributed by atoms with Crippen LogP contribution in [0.5, 0.6) is 0 Å². The maximum absolute atomic E-state index is 12.9. The van der Waals surface area contributed by atoms with E-state index in [4.69, 9.17) is 14.2 Å². The molecule has 0 saturated heterocycles. The number of carbonyl (C=O) groups excluding carboxylic acids is 3. The van der Waals surface area contributed by atoms with Gasteiger partial charge in [-0.25, -0.2) is 0 Å². The number of unbranched alkanes of at least 4 members (excludes halogenated alkanes) is 44. The maximum Gasteiger partial charge on any atom is 0.306 e. The Morgan fingerprint density at radius 3 is 0.792 bits per heavy atom. The minimum Gasteiger partial charge on any atom is -0.462 e. The lowest BCUT2D eigenvalue weighted by Crippen LogP contribution is -2.30. The van der Waals surface area contributed by atoms with E-state index in [1.165, 1.54) is 263 Å². The van der Waals surface area contributed by atoms with Crippen LogP contribution in [0.2, 0.25) is 0 Å². The molecule has 0 aromatic heterocycles. The fourth-order valence-corrected chi connectivity index (χ4v) is 10.3. The molecule has 1 unspecified atom stereocenters. The minimum absolute atomic E-state index is 0.0616. The van der Waals surface area contributed by atoms with Crippen LogP contribution < -0.4 is 0 Å². The number of hydrogen-bond donors (Lipinski definition) is 0. The van der Waals surface area contributed by atoms with E-state index < -0.39 is 6.10 Å². The van der Waals surface area contributed by atoms with Gasteiger partial charge in [-0.15, -0.1) is 0 Å². The Morgan fingerprint density at radius 1 is 0.292 bits per heavy atom. The maximum atomic E-state index is 12.9. The van der Waals surface area contributed by atoms with E-state index in [1.54, 1.807) is 0 Å². The van der Waals surface area contributed by atoms with Crippen LogP contribution in [0.4, 0.5) is 0 Å². The number of ether oxygens (including phenoxy) is 3. The Balaban J connectivity index is 4.27. The minimum atomic E-state index is -0.764. The molecule has 0 fully saturated rings. The van der Waals surface area contributed by atoms with E-state index >= 15 is 0 Å². The van der Waals surface area contributed by atoms with Gasteiger partial charge >= 0.3 is 17.9 Å². The van der Waals surface area contributed by atoms with Gasteiger partial charge in [0.1, 0.15) is 13.2 Å². The molecule has 6 heteroatoms. The van der Waals surface area contributed by atoms with E-state index in [0.29, 0.717) is 19.3 Å². The van der Waals surface area contributed by atoms with Crippen LogP contribution in [0.25, 0.3) is 0 Å². The second kappa shape index (κ2) is 58.7. The number of hydrogen-bond acceptors (Lipinski definition) is 6. The summed E-state index contributed by atoms with van der Waals surface area (Å²) in [6.45, 7) is 11.5. The van der Waals surface area contributed by atoms with Gasteiger partial charge in [0.2, 0.25) is 0 Å². The van der Waals surface area contributed by atoms with Crippen molar-refractivity contribution in [3.8, 4) is 0 Å². The smallest absolute Gasteiger partial charge is 0.306 e. The van der Waals surface area contributed by atoms with Crippen molar-refractivity contribution in [2.45, 2.75) is 381 Å². The Hall–Kier alpha value is -1.59. The van der Waals surface area contributed by atoms with Gasteiger partial charge in [-0.1, -0.05) is 336 Å². The van der Waals surface area contributed by atoms with Crippen LogP contribution in [0, 0.1) is 11.8 Å². The summed E-state index contributed by atoms with van der Waals surface area (Å²) < 4.78 is 17.0. The highest BCUT2D eigenvalue weighted by Gasteiger charge is 2.19. The molecule has 0 rings (SSSR count). The molecule has 0 aliphatic carbocycles. The zero-order valence-electron chi connectivity index (χ0n) is 49.6. The lowest BCUT2D eigenvalue weighted by Gasteiger charge is -2.18. The van der Waals surface area contributed by atoms with Crippen molar-refractivity contribution in [1.82, 2.24) is 0 Å². The molecular weight excluding hydrogens is 889 g/mol. The zero-order chi connectivity index (χ0) is 52.5. The van der Waals surface area contributed by atoms with Crippen molar-refractivity contribution in [3.63, 3.8) is 0 Å². The first-order valence-electron chi connectivity index (χ1n) is 32.8. The van der Waals surface area contributed by atoms with Crippen LogP contribution in [0.1, 0.15) is 375 Å². The number of rotatable bonds is 60. The molecule has 0 N–H and O–H groups in total. The number of carbonyl (C=O) groups is 3. The summed E-state index contributed by atoms with van der Waals surface area (Å²) in [6.07, 6.45) is 65.3. The van der Waals surface area contributed by atoms with Crippen molar-refractivity contribution >= 4 is 17.9 Å². The second-order valence-electron chi connectivity index (χ2n) is 23.5. The normalized spacial score (nSPS) is 12.4. The van der Waals surface area contributed by atoms with Gasteiger partial charge in [0.05, 0.1) is 0 Å². The summed E-state index contributed by atoms with van der Waals surface area (Å²) in [4.78, 5) is 38.3. The molecule has 0 aliphatic rings. The predicted molar refractivity (Wildman–Crippen MR) is 312 cm³/mol. The van der Waals surface area contributed by atoms with Crippen LogP contribution in [0.15, 0.2) is 0 Å². The quantitative estimate of drug-likeness (QED) is 0.0343. The topological polar surface area (TPSA) is 78.9 Å². The van der Waals surface area contributed by atoms with E-state index in [9.17, 15) is 14.4 Å². The molecule has 72 heavy (non-hydrogen) atoms. The molecule has 0 bridgehead atoms. The summed E-state index contributed by atoms with van der Waals surface area (Å²) in [5, 5.41) is 0. The Kier molecular flexibility index (Phi) is 57.4. The summed E-state index contributed by atoms with van der Waals surface area (Å²) in [6, 6.07) is 0. The highest BCUT2D eigenvalue weighted by atomic mass is 16.6. The summed E-state index contributed by atoms with van der Waals surface area (Å²) in [7, 11) is 0. The van der Waals surface area contributed by atoms with Gasteiger partial charge < -0.3 is 14.2 Å². The molecule has 0 amide bonds. The molecule has 6 nitrogen and oxygen atoms in total. The Bertz CT molecular complexity index is 1110. The van der Waals surface area contributed by atoms with Crippen LogP contribution in [-0.4, -0.2) is 37.2 Å². The SMILES string of the molecule is CCCCCCCCCCCCCCCCCC(=O)OC[C@H](COC(=O)CCCCCCCCCCCCCCCCC(C)C)OC(=O)CCCCCCCCCCCCCCCCCCCCC(C)CC. The third-order valence-electron chi connectivity index (χ3n) is 15.6. The molecule has 0 spiro atoms. The molecule has 0 aliphatic heterocycles. The highest BCUT2D eigenvalue weighted by molar-refractivity contribution is 5.71. The summed E-state index contributed by atoms with van der Waals surface area (Å²) in [5.74, 6) is 0.925. The van der Waals surface area contributed by atoms with Crippen molar-refractivity contribution in [3.05, 3.63) is 0 Å². The lowest BCUT2D eigenvalue weighted by atomic mass is 9.99. The first-order chi connectivity index (χ1) is 35.3. The van der Waals surface area contributed by atoms with Crippen molar-refractivity contribution in [2.75, 3.05) is 13.2 Å². The fourth-order valence-electron chi connectivity index (χ4n) is 10.3. The van der Waals surface area contributed by atoms with E-state index in [2.05, 4.69) is 34.6 Å². The van der Waals surface area contributed by atoms with Crippen LogP contribution in [-0.2, 0) is 28.6 Å². The molecule has 2 atom stereocenters. The van der Waals surface area contributed by atoms with Gasteiger partial charge in [0, 0.05) is 19.3 Å². The average molecular weight is 1020 g/mol. The van der Waals surface area contributed by atoms with Gasteiger partial charge in [-0.2, -0.15) is 0 Å². The third kappa shape index (κ3) is 57.7. The predicted octanol–water partition coefficient (Wildman–Crippen LogP) is 22.0. The van der Waals surface area contributed by atoms with Gasteiger partial charge in [0.25, 0.3) is 0 Å². The first-order valence-corrected chi connectivity index (χ1v) is 32.8. The molecule has 428 valence electrons. The molecule has 0 aromatic carbocycles. The standard InChI is InChI=1S/C66H128O6/c1-6-8-9-10-11-12-13-14-19-26-31-36-41-46-51-56-64(67)70-59-63(60-71-65(68)57-52-47-42-37-32-27-23-22-24-29-34-39-44-49-54-61(3)4)72-66(69)58-53-48-43-38-33-28-21-18-16-15-17-20-25-30-35-40-45-50-55-62(5)7-2/h61-63H,6-60H2,1-5H3/t62?,63-/m1/s1. The highest BCUT2D eigenvalue weighted by Crippen LogP contribution is 2.19. The fraction of sp³-hybridized carbons (Fsp3) is 0.955. The third-order valence-corrected chi connectivity index (χ3v) is 15.6. The molecular formula is C66H128O6. The molecule has 0 aromatic rings.